The van der Waals surface area contributed by atoms with Crippen LogP contribution in [0.1, 0.15) is 38.5 Å². The Kier molecular flexibility index (Phi) is 3.43. The molecule has 82 valence electrons. The molecule has 0 aromatic carbocycles. The van der Waals surface area contributed by atoms with Crippen molar-refractivity contribution < 1.29 is 0 Å². The second kappa shape index (κ2) is 5.01. The molecule has 1 heterocycles. The Labute approximate surface area is 91.1 Å². The van der Waals surface area contributed by atoms with Crippen LogP contribution in [0, 0.1) is 0 Å². The zero-order valence-corrected chi connectivity index (χ0v) is 9.08. The fourth-order valence-electron chi connectivity index (χ4n) is 2.15. The summed E-state index contributed by atoms with van der Waals surface area (Å²) in [4.78, 5) is 4.08. The Balaban J connectivity index is 1.92. The van der Waals surface area contributed by atoms with Gasteiger partial charge in [0.05, 0.1) is 11.9 Å². The van der Waals surface area contributed by atoms with Crippen LogP contribution in [0.2, 0.25) is 0 Å². The predicted molar refractivity (Wildman–Crippen MR) is 63.8 cm³/mol. The molecule has 0 aliphatic heterocycles. The second-order valence-electron chi connectivity index (χ2n) is 4.30. The van der Waals surface area contributed by atoms with Gasteiger partial charge >= 0.3 is 0 Å². The normalized spacial score (nSPS) is 18.4. The summed E-state index contributed by atoms with van der Waals surface area (Å²) < 4.78 is 0. The molecule has 3 nitrogen and oxygen atoms in total. The molecule has 1 saturated carbocycles. The van der Waals surface area contributed by atoms with Crippen LogP contribution in [0.3, 0.4) is 0 Å². The first-order valence-electron chi connectivity index (χ1n) is 5.83. The van der Waals surface area contributed by atoms with Gasteiger partial charge in [-0.1, -0.05) is 25.7 Å². The van der Waals surface area contributed by atoms with E-state index in [0.29, 0.717) is 11.9 Å². The van der Waals surface area contributed by atoms with Gasteiger partial charge in [0.15, 0.2) is 0 Å². The monoisotopic (exact) mass is 205 g/mol. The number of rotatable bonds is 2. The molecule has 0 atom stereocenters. The number of aromatic nitrogens is 1. The minimum Gasteiger partial charge on any atom is -0.384 e. The average molecular weight is 205 g/mol. The molecule has 3 heteroatoms. The summed E-state index contributed by atoms with van der Waals surface area (Å²) >= 11 is 0. The molecular weight excluding hydrogens is 186 g/mol. The molecule has 0 amide bonds. The lowest BCUT2D eigenvalue weighted by Gasteiger charge is -2.17. The molecule has 0 bridgehead atoms. The van der Waals surface area contributed by atoms with Gasteiger partial charge in [-0.2, -0.15) is 0 Å². The van der Waals surface area contributed by atoms with Crippen molar-refractivity contribution in [1.29, 1.82) is 0 Å². The predicted octanol–water partition coefficient (Wildman–Crippen LogP) is 2.80. The first kappa shape index (κ1) is 10.3. The zero-order chi connectivity index (χ0) is 10.5. The number of hydrogen-bond donors (Lipinski definition) is 2. The highest BCUT2D eigenvalue weighted by Crippen LogP contribution is 2.20. The summed E-state index contributed by atoms with van der Waals surface area (Å²) in [6.45, 7) is 0. The standard InChI is InChI=1S/C12H19N3/c13-12-8-7-11(9-14-12)15-10-5-3-1-2-4-6-10/h7-10,15H,1-6H2,(H2,13,14). The SMILES string of the molecule is Nc1ccc(NC2CCCCCC2)cn1. The number of nitrogens with one attached hydrogen (secondary N) is 1. The third-order valence-corrected chi connectivity index (χ3v) is 3.01. The van der Waals surface area contributed by atoms with Gasteiger partial charge in [0.2, 0.25) is 0 Å². The van der Waals surface area contributed by atoms with Crippen LogP contribution in [0.15, 0.2) is 18.3 Å². The van der Waals surface area contributed by atoms with E-state index in [2.05, 4.69) is 10.3 Å². The topological polar surface area (TPSA) is 50.9 Å². The largest absolute Gasteiger partial charge is 0.384 e. The lowest BCUT2D eigenvalue weighted by molar-refractivity contribution is 0.620. The highest BCUT2D eigenvalue weighted by atomic mass is 14.9. The van der Waals surface area contributed by atoms with Gasteiger partial charge < -0.3 is 11.1 Å². The van der Waals surface area contributed by atoms with Gasteiger partial charge in [-0.05, 0) is 25.0 Å². The number of nitrogen functional groups attached to an aromatic ring is 1. The summed E-state index contributed by atoms with van der Waals surface area (Å²) in [5.41, 5.74) is 6.64. The Morgan fingerprint density at radius 3 is 2.47 bits per heavy atom. The van der Waals surface area contributed by atoms with E-state index in [0.717, 1.165) is 5.69 Å². The third kappa shape index (κ3) is 3.11. The lowest BCUT2D eigenvalue weighted by atomic mass is 10.1. The molecular formula is C12H19N3. The number of nitrogens with two attached hydrogens (primary N) is 1. The number of nitrogens with zero attached hydrogens (tertiary/aromatic N) is 1. The average Bonchev–Trinajstić information content (AvgIpc) is 2.50. The van der Waals surface area contributed by atoms with Gasteiger partial charge in [-0.25, -0.2) is 4.98 Å². The number of hydrogen-bond acceptors (Lipinski definition) is 3. The summed E-state index contributed by atoms with van der Waals surface area (Å²) in [7, 11) is 0. The van der Waals surface area contributed by atoms with Crippen LogP contribution in [0.5, 0.6) is 0 Å². The number of pyridine rings is 1. The van der Waals surface area contributed by atoms with Crippen molar-refractivity contribution in [3.8, 4) is 0 Å². The van der Waals surface area contributed by atoms with Gasteiger partial charge in [0, 0.05) is 6.04 Å². The smallest absolute Gasteiger partial charge is 0.123 e. The molecule has 0 saturated heterocycles. The summed E-state index contributed by atoms with van der Waals surface area (Å²) in [6, 6.07) is 4.48. The summed E-state index contributed by atoms with van der Waals surface area (Å²) in [5.74, 6) is 0.585. The second-order valence-corrected chi connectivity index (χ2v) is 4.30. The zero-order valence-electron chi connectivity index (χ0n) is 9.08. The molecule has 2 rings (SSSR count). The summed E-state index contributed by atoms with van der Waals surface area (Å²) in [5, 5.41) is 3.53. The van der Waals surface area contributed by atoms with E-state index < -0.39 is 0 Å². The molecule has 0 unspecified atom stereocenters. The van der Waals surface area contributed by atoms with E-state index in [9.17, 15) is 0 Å². The molecule has 1 fully saturated rings. The van der Waals surface area contributed by atoms with Crippen molar-refractivity contribution in [3.05, 3.63) is 18.3 Å². The van der Waals surface area contributed by atoms with Gasteiger partial charge in [0.1, 0.15) is 5.82 Å². The van der Waals surface area contributed by atoms with Crippen LogP contribution in [0.25, 0.3) is 0 Å². The Bertz CT molecular complexity index is 286. The quantitative estimate of drug-likeness (QED) is 0.730. The van der Waals surface area contributed by atoms with E-state index in [1.807, 2.05) is 18.3 Å². The molecule has 0 spiro atoms. The fourth-order valence-corrected chi connectivity index (χ4v) is 2.15. The van der Waals surface area contributed by atoms with Crippen molar-refractivity contribution in [2.24, 2.45) is 0 Å². The molecule has 1 aromatic heterocycles. The van der Waals surface area contributed by atoms with Crippen molar-refractivity contribution in [1.82, 2.24) is 4.98 Å². The highest BCUT2D eigenvalue weighted by Gasteiger charge is 2.11. The minimum atomic E-state index is 0.585. The Morgan fingerprint density at radius 1 is 1.13 bits per heavy atom. The fraction of sp³-hybridized carbons (Fsp3) is 0.583. The van der Waals surface area contributed by atoms with Crippen molar-refractivity contribution >= 4 is 11.5 Å². The Morgan fingerprint density at radius 2 is 1.87 bits per heavy atom. The van der Waals surface area contributed by atoms with Crippen LogP contribution in [0.4, 0.5) is 11.5 Å². The van der Waals surface area contributed by atoms with Crippen LogP contribution >= 0.6 is 0 Å². The molecule has 1 aromatic rings. The van der Waals surface area contributed by atoms with Crippen molar-refractivity contribution in [2.45, 2.75) is 44.6 Å². The van der Waals surface area contributed by atoms with Crippen molar-refractivity contribution in [3.63, 3.8) is 0 Å². The molecule has 1 aliphatic rings. The van der Waals surface area contributed by atoms with Crippen molar-refractivity contribution in [2.75, 3.05) is 11.1 Å². The maximum absolute atomic E-state index is 5.55. The van der Waals surface area contributed by atoms with E-state index in [1.165, 1.54) is 38.5 Å². The summed E-state index contributed by atoms with van der Waals surface area (Å²) in [6.07, 6.45) is 9.85. The molecule has 1 aliphatic carbocycles. The first-order valence-corrected chi connectivity index (χ1v) is 5.83. The van der Waals surface area contributed by atoms with Crippen LogP contribution in [-0.2, 0) is 0 Å². The van der Waals surface area contributed by atoms with Gasteiger partial charge in [0.25, 0.3) is 0 Å². The molecule has 3 N–H and O–H groups in total. The minimum absolute atomic E-state index is 0.585. The van der Waals surface area contributed by atoms with E-state index in [1.54, 1.807) is 0 Å². The third-order valence-electron chi connectivity index (χ3n) is 3.01. The van der Waals surface area contributed by atoms with Crippen LogP contribution < -0.4 is 11.1 Å². The van der Waals surface area contributed by atoms with Crippen LogP contribution in [-0.4, -0.2) is 11.0 Å². The van der Waals surface area contributed by atoms with E-state index >= 15 is 0 Å². The number of anilines is 2. The Hall–Kier alpha value is -1.25. The maximum atomic E-state index is 5.55. The first-order chi connectivity index (χ1) is 7.34. The van der Waals surface area contributed by atoms with E-state index in [-0.39, 0.29) is 0 Å². The van der Waals surface area contributed by atoms with Gasteiger partial charge in [-0.15, -0.1) is 0 Å². The lowest BCUT2D eigenvalue weighted by Crippen LogP contribution is -2.18. The van der Waals surface area contributed by atoms with E-state index in [4.69, 9.17) is 5.73 Å². The molecule has 0 radical (unpaired) electrons. The highest BCUT2D eigenvalue weighted by molar-refractivity contribution is 5.45. The maximum Gasteiger partial charge on any atom is 0.123 e. The van der Waals surface area contributed by atoms with Gasteiger partial charge in [-0.3, -0.25) is 0 Å². The molecule has 15 heavy (non-hydrogen) atoms.